The van der Waals surface area contributed by atoms with Gasteiger partial charge < -0.3 is 10.2 Å². The van der Waals surface area contributed by atoms with Gasteiger partial charge in [0, 0.05) is 29.0 Å². The van der Waals surface area contributed by atoms with E-state index in [0.29, 0.717) is 22.8 Å². The van der Waals surface area contributed by atoms with Crippen molar-refractivity contribution in [2.24, 2.45) is 0 Å². The average molecular weight is 621 g/mol. The van der Waals surface area contributed by atoms with E-state index in [0.717, 1.165) is 26.2 Å². The molecule has 3 rings (SSSR count). The molecule has 1 atom stereocenters. The Hall–Kier alpha value is -2.88. The van der Waals surface area contributed by atoms with Crippen molar-refractivity contribution >= 4 is 55.1 Å². The molecule has 10 heteroatoms. The molecule has 0 radical (unpaired) electrons. The maximum atomic E-state index is 14.0. The topological polar surface area (TPSA) is 86.8 Å². The Morgan fingerprint density at radius 2 is 1.68 bits per heavy atom. The summed E-state index contributed by atoms with van der Waals surface area (Å²) in [5.74, 6) is -0.827. The lowest BCUT2D eigenvalue weighted by Gasteiger charge is -2.33. The Balaban J connectivity index is 2.07. The molecule has 202 valence electrons. The van der Waals surface area contributed by atoms with Crippen LogP contribution in [0.25, 0.3) is 0 Å². The molecule has 0 saturated heterocycles. The van der Waals surface area contributed by atoms with Crippen LogP contribution in [-0.4, -0.2) is 50.5 Å². The molecular formula is C28H31BrClN3O4S. The van der Waals surface area contributed by atoms with Crippen LogP contribution < -0.4 is 9.62 Å². The molecule has 2 amide bonds. The maximum absolute atomic E-state index is 14.0. The Labute approximate surface area is 238 Å². The van der Waals surface area contributed by atoms with E-state index < -0.39 is 28.5 Å². The minimum absolute atomic E-state index is 0.110. The highest BCUT2D eigenvalue weighted by Crippen LogP contribution is 2.27. The summed E-state index contributed by atoms with van der Waals surface area (Å²) in [7, 11) is -3.86. The third-order valence-electron chi connectivity index (χ3n) is 5.98. The number of hydrogen-bond donors (Lipinski definition) is 1. The number of benzene rings is 3. The van der Waals surface area contributed by atoms with Crippen molar-refractivity contribution in [3.8, 4) is 0 Å². The third kappa shape index (κ3) is 8.06. The van der Waals surface area contributed by atoms with Gasteiger partial charge in [0.2, 0.25) is 21.8 Å². The zero-order chi connectivity index (χ0) is 27.9. The van der Waals surface area contributed by atoms with Gasteiger partial charge in [0.05, 0.1) is 11.9 Å². The second-order valence-corrected chi connectivity index (χ2v) is 12.2. The third-order valence-corrected chi connectivity index (χ3v) is 7.84. The van der Waals surface area contributed by atoms with E-state index in [1.165, 1.54) is 11.0 Å². The van der Waals surface area contributed by atoms with Gasteiger partial charge in [-0.25, -0.2) is 8.42 Å². The number of likely N-dealkylation sites (N-methyl/N-ethyl adjacent to an activating group) is 1. The highest BCUT2D eigenvalue weighted by Gasteiger charge is 2.33. The summed E-state index contributed by atoms with van der Waals surface area (Å²) < 4.78 is 27.6. The lowest BCUT2D eigenvalue weighted by Crippen LogP contribution is -2.53. The molecule has 0 spiro atoms. The predicted octanol–water partition coefficient (Wildman–Crippen LogP) is 4.95. The molecule has 3 aromatic rings. The van der Waals surface area contributed by atoms with Gasteiger partial charge in [-0.2, -0.15) is 0 Å². The van der Waals surface area contributed by atoms with E-state index in [1.54, 1.807) is 19.1 Å². The lowest BCUT2D eigenvalue weighted by atomic mass is 10.0. The number of aryl methyl sites for hydroxylation is 1. The fourth-order valence-corrected chi connectivity index (χ4v) is 5.64. The molecular weight excluding hydrogens is 590 g/mol. The van der Waals surface area contributed by atoms with Crippen molar-refractivity contribution in [3.63, 3.8) is 0 Å². The zero-order valence-electron chi connectivity index (χ0n) is 21.5. The minimum Gasteiger partial charge on any atom is -0.355 e. The molecule has 0 fully saturated rings. The first-order chi connectivity index (χ1) is 18.0. The minimum atomic E-state index is -3.86. The predicted molar refractivity (Wildman–Crippen MR) is 156 cm³/mol. The normalized spacial score (nSPS) is 12.0. The molecule has 0 saturated carbocycles. The quantitative estimate of drug-likeness (QED) is 0.329. The van der Waals surface area contributed by atoms with Crippen molar-refractivity contribution in [2.45, 2.75) is 32.9 Å². The Morgan fingerprint density at radius 1 is 1.00 bits per heavy atom. The Bertz CT molecular complexity index is 1390. The second kappa shape index (κ2) is 13.3. The van der Waals surface area contributed by atoms with Crippen LogP contribution in [-0.2, 0) is 32.6 Å². The average Bonchev–Trinajstić information content (AvgIpc) is 2.86. The molecule has 38 heavy (non-hydrogen) atoms. The molecule has 0 heterocycles. The fraction of sp³-hybridized carbons (Fsp3) is 0.286. The van der Waals surface area contributed by atoms with E-state index >= 15 is 0 Å². The number of carbonyl (C=O) groups excluding carboxylic acids is 2. The molecule has 0 unspecified atom stereocenters. The van der Waals surface area contributed by atoms with Gasteiger partial charge in [0.25, 0.3) is 0 Å². The Kier molecular flexibility index (Phi) is 10.4. The van der Waals surface area contributed by atoms with Gasteiger partial charge >= 0.3 is 0 Å². The largest absolute Gasteiger partial charge is 0.355 e. The summed E-state index contributed by atoms with van der Waals surface area (Å²) in [5.41, 5.74) is 2.63. The SMILES string of the molecule is CCNC(=O)[C@H](Cc1ccccc1)N(Cc1cccc(Br)c1)C(=O)CN(c1cc(Cl)ccc1C)S(C)(=O)=O. The summed E-state index contributed by atoms with van der Waals surface area (Å²) in [6.07, 6.45) is 1.31. The Morgan fingerprint density at radius 3 is 2.32 bits per heavy atom. The van der Waals surface area contributed by atoms with Crippen LogP contribution in [0.2, 0.25) is 5.02 Å². The number of rotatable bonds is 11. The van der Waals surface area contributed by atoms with Crippen LogP contribution in [0.3, 0.4) is 0 Å². The standard InChI is InChI=1S/C28H31BrClN3O4S/c1-4-31-28(35)26(16-21-9-6-5-7-10-21)32(18-22-11-8-12-23(29)15-22)27(34)19-33(38(3,36)37)25-17-24(30)14-13-20(25)2/h5-15,17,26H,4,16,18-19H2,1-3H3,(H,31,35)/t26-/m0/s1. The molecule has 7 nitrogen and oxygen atoms in total. The summed E-state index contributed by atoms with van der Waals surface area (Å²) in [5, 5.41) is 3.19. The van der Waals surface area contributed by atoms with Gasteiger partial charge in [-0.1, -0.05) is 76.1 Å². The molecule has 3 aromatic carbocycles. The van der Waals surface area contributed by atoms with E-state index in [2.05, 4.69) is 21.2 Å². The van der Waals surface area contributed by atoms with Crippen LogP contribution in [0.15, 0.2) is 77.3 Å². The lowest BCUT2D eigenvalue weighted by molar-refractivity contribution is -0.140. The number of nitrogens with zero attached hydrogens (tertiary/aromatic N) is 2. The van der Waals surface area contributed by atoms with E-state index in [1.807, 2.05) is 61.5 Å². The van der Waals surface area contributed by atoms with Crippen molar-refractivity contribution in [2.75, 3.05) is 23.7 Å². The zero-order valence-corrected chi connectivity index (χ0v) is 24.7. The summed E-state index contributed by atoms with van der Waals surface area (Å²) >= 11 is 9.64. The van der Waals surface area contributed by atoms with Crippen LogP contribution in [0.4, 0.5) is 5.69 Å². The number of nitrogens with one attached hydrogen (secondary N) is 1. The fourth-order valence-electron chi connectivity index (χ4n) is 4.12. The molecule has 0 aliphatic heterocycles. The first kappa shape index (κ1) is 29.7. The van der Waals surface area contributed by atoms with Crippen molar-refractivity contribution in [1.82, 2.24) is 10.2 Å². The van der Waals surface area contributed by atoms with Crippen LogP contribution in [0.5, 0.6) is 0 Å². The second-order valence-electron chi connectivity index (χ2n) is 8.95. The highest BCUT2D eigenvalue weighted by atomic mass is 79.9. The van der Waals surface area contributed by atoms with E-state index in [4.69, 9.17) is 11.6 Å². The van der Waals surface area contributed by atoms with Gasteiger partial charge in [-0.3, -0.25) is 13.9 Å². The number of hydrogen-bond acceptors (Lipinski definition) is 4. The van der Waals surface area contributed by atoms with Gasteiger partial charge in [0.1, 0.15) is 12.6 Å². The number of anilines is 1. The van der Waals surface area contributed by atoms with Crippen molar-refractivity contribution in [1.29, 1.82) is 0 Å². The molecule has 0 aromatic heterocycles. The van der Waals surface area contributed by atoms with Crippen molar-refractivity contribution < 1.29 is 18.0 Å². The van der Waals surface area contributed by atoms with Crippen LogP contribution in [0, 0.1) is 6.92 Å². The molecule has 0 aliphatic carbocycles. The number of amides is 2. The summed E-state index contributed by atoms with van der Waals surface area (Å²) in [6.45, 7) is 3.57. The van der Waals surface area contributed by atoms with E-state index in [-0.39, 0.29) is 18.9 Å². The monoisotopic (exact) mass is 619 g/mol. The maximum Gasteiger partial charge on any atom is 0.244 e. The number of sulfonamides is 1. The van der Waals surface area contributed by atoms with Crippen LogP contribution >= 0.6 is 27.5 Å². The molecule has 1 N–H and O–H groups in total. The first-order valence-corrected chi connectivity index (χ1v) is 15.1. The van der Waals surface area contributed by atoms with Gasteiger partial charge in [-0.15, -0.1) is 0 Å². The first-order valence-electron chi connectivity index (χ1n) is 12.1. The summed E-state index contributed by atoms with van der Waals surface area (Å²) in [4.78, 5) is 28.8. The molecule has 0 aliphatic rings. The van der Waals surface area contributed by atoms with Gasteiger partial charge in [-0.05, 0) is 54.8 Å². The smallest absolute Gasteiger partial charge is 0.244 e. The van der Waals surface area contributed by atoms with E-state index in [9.17, 15) is 18.0 Å². The molecule has 0 bridgehead atoms. The number of carbonyl (C=O) groups is 2. The van der Waals surface area contributed by atoms with Crippen LogP contribution in [0.1, 0.15) is 23.6 Å². The highest BCUT2D eigenvalue weighted by molar-refractivity contribution is 9.10. The van der Waals surface area contributed by atoms with Crippen molar-refractivity contribution in [3.05, 3.63) is 99.0 Å². The van der Waals surface area contributed by atoms with Gasteiger partial charge in [0.15, 0.2) is 0 Å². The number of halogens is 2. The summed E-state index contributed by atoms with van der Waals surface area (Å²) in [6, 6.07) is 20.9.